The summed E-state index contributed by atoms with van der Waals surface area (Å²) in [4.78, 5) is 37.6. The Kier molecular flexibility index (Phi) is 5.73. The molecular weight excluding hydrogens is 340 g/mol. The van der Waals surface area contributed by atoms with Crippen LogP contribution in [0.5, 0.6) is 0 Å². The number of ketones is 1. The zero-order valence-electron chi connectivity index (χ0n) is 15.7. The first-order chi connectivity index (χ1) is 12.0. The van der Waals surface area contributed by atoms with Crippen LogP contribution < -0.4 is 0 Å². The summed E-state index contributed by atoms with van der Waals surface area (Å²) >= 11 is 0. The molecule has 26 heavy (non-hydrogen) atoms. The van der Waals surface area contributed by atoms with Crippen molar-refractivity contribution < 1.29 is 34.1 Å². The first kappa shape index (κ1) is 20.3. The van der Waals surface area contributed by atoms with Crippen molar-refractivity contribution in [1.29, 1.82) is 0 Å². The van der Waals surface area contributed by atoms with Gasteiger partial charge < -0.3 is 19.7 Å². The van der Waals surface area contributed by atoms with Crippen LogP contribution in [-0.2, 0) is 23.9 Å². The van der Waals surface area contributed by atoms with Gasteiger partial charge in [0.2, 0.25) is 6.29 Å². The lowest BCUT2D eigenvalue weighted by atomic mass is 9.61. The number of esters is 2. The highest BCUT2D eigenvalue weighted by atomic mass is 16.6. The summed E-state index contributed by atoms with van der Waals surface area (Å²) in [6.45, 7) is 8.00. The van der Waals surface area contributed by atoms with E-state index in [2.05, 4.69) is 0 Å². The van der Waals surface area contributed by atoms with Gasteiger partial charge in [-0.25, -0.2) is 9.59 Å². The summed E-state index contributed by atoms with van der Waals surface area (Å²) < 4.78 is 10.4. The van der Waals surface area contributed by atoms with Gasteiger partial charge in [0.15, 0.2) is 0 Å². The second-order valence-electron chi connectivity index (χ2n) is 7.21. The molecule has 2 rings (SSSR count). The first-order valence-electron chi connectivity index (χ1n) is 8.70. The van der Waals surface area contributed by atoms with E-state index < -0.39 is 41.8 Å². The van der Waals surface area contributed by atoms with Crippen molar-refractivity contribution in [3.05, 3.63) is 22.8 Å². The molecule has 5 atom stereocenters. The van der Waals surface area contributed by atoms with E-state index >= 15 is 0 Å². The molecule has 1 aliphatic carbocycles. The maximum atomic E-state index is 12.8. The van der Waals surface area contributed by atoms with Crippen LogP contribution in [0.25, 0.3) is 0 Å². The molecule has 0 aromatic rings. The lowest BCUT2D eigenvalue weighted by molar-refractivity contribution is -0.166. The summed E-state index contributed by atoms with van der Waals surface area (Å²) in [6, 6.07) is 0. The highest BCUT2D eigenvalue weighted by Gasteiger charge is 2.56. The molecule has 0 aromatic carbocycles. The number of allylic oxidation sites excluding steroid dienone is 1. The van der Waals surface area contributed by atoms with Crippen molar-refractivity contribution in [1.82, 2.24) is 0 Å². The van der Waals surface area contributed by atoms with Crippen LogP contribution in [0.3, 0.4) is 0 Å². The Labute approximate surface area is 152 Å². The van der Waals surface area contributed by atoms with E-state index in [0.717, 1.165) is 0 Å². The molecular formula is C19H26O7. The normalized spacial score (nSPS) is 34.0. The number of ether oxygens (including phenoxy) is 2. The van der Waals surface area contributed by atoms with Crippen molar-refractivity contribution in [2.45, 2.75) is 66.0 Å². The fraction of sp³-hybridized carbons (Fsp3) is 0.632. The van der Waals surface area contributed by atoms with Crippen molar-refractivity contribution in [2.75, 3.05) is 0 Å². The quantitative estimate of drug-likeness (QED) is 0.572. The third kappa shape index (κ3) is 3.21. The smallest absolute Gasteiger partial charge is 0.340 e. The van der Waals surface area contributed by atoms with Crippen molar-refractivity contribution >= 4 is 17.7 Å². The number of rotatable bonds is 4. The largest absolute Gasteiger partial charge is 0.453 e. The molecule has 0 unspecified atom stereocenters. The topological polar surface area (TPSA) is 110 Å². The summed E-state index contributed by atoms with van der Waals surface area (Å²) in [5, 5.41) is 20.2. The Morgan fingerprint density at radius 2 is 2.00 bits per heavy atom. The molecule has 2 N–H and O–H groups in total. The van der Waals surface area contributed by atoms with Crippen LogP contribution >= 0.6 is 0 Å². The van der Waals surface area contributed by atoms with E-state index in [4.69, 9.17) is 9.47 Å². The average Bonchev–Trinajstić information content (AvgIpc) is 2.85. The van der Waals surface area contributed by atoms with Crippen LogP contribution in [0, 0.1) is 11.3 Å². The molecule has 0 saturated heterocycles. The minimum absolute atomic E-state index is 0.0356. The zero-order chi connectivity index (χ0) is 19.8. The van der Waals surface area contributed by atoms with Gasteiger partial charge in [0, 0.05) is 17.6 Å². The molecule has 1 heterocycles. The van der Waals surface area contributed by atoms with Gasteiger partial charge in [0.25, 0.3) is 0 Å². The molecule has 0 amide bonds. The Bertz CT molecular complexity index is 690. The Hall–Kier alpha value is -1.99. The molecule has 0 bridgehead atoms. The predicted octanol–water partition coefficient (Wildman–Crippen LogP) is 1.42. The van der Waals surface area contributed by atoms with Gasteiger partial charge in [-0.15, -0.1) is 0 Å². The minimum Gasteiger partial charge on any atom is -0.453 e. The van der Waals surface area contributed by atoms with Gasteiger partial charge in [0.1, 0.15) is 11.9 Å². The number of carbonyl (C=O) groups excluding carboxylic acids is 3. The molecule has 2 aliphatic rings. The third-order valence-electron chi connectivity index (χ3n) is 5.81. The van der Waals surface area contributed by atoms with Gasteiger partial charge in [0.05, 0.1) is 17.1 Å². The lowest BCUT2D eigenvalue weighted by Gasteiger charge is -2.45. The fourth-order valence-electron chi connectivity index (χ4n) is 3.50. The number of aliphatic hydroxyl groups is 2. The highest BCUT2D eigenvalue weighted by molar-refractivity contribution is 5.97. The zero-order valence-corrected chi connectivity index (χ0v) is 15.7. The van der Waals surface area contributed by atoms with Crippen LogP contribution in [-0.4, -0.2) is 46.4 Å². The number of hydrogen-bond donors (Lipinski definition) is 2. The first-order valence-corrected chi connectivity index (χ1v) is 8.70. The number of Topliss-reactive ketones (excluding diaryl/α,β-unsaturated/α-hetero) is 1. The van der Waals surface area contributed by atoms with E-state index in [9.17, 15) is 24.6 Å². The predicted molar refractivity (Wildman–Crippen MR) is 91.6 cm³/mol. The second-order valence-corrected chi connectivity index (χ2v) is 7.21. The van der Waals surface area contributed by atoms with Gasteiger partial charge in [-0.05, 0) is 40.0 Å². The molecule has 7 nitrogen and oxygen atoms in total. The number of cyclic esters (lactones) is 1. The summed E-state index contributed by atoms with van der Waals surface area (Å²) in [5.41, 5.74) is -0.833. The molecule has 144 valence electrons. The van der Waals surface area contributed by atoms with Crippen molar-refractivity contribution in [2.24, 2.45) is 11.3 Å². The Balaban J connectivity index is 2.59. The molecule has 1 aliphatic heterocycles. The molecule has 0 radical (unpaired) electrons. The SMILES string of the molecule is C/C=C(/C)C(=O)O[C@H](C1=C(C)[C@H](O)OC1=O)[C@@]1(C)C(=O)CC[C@H](O)[C@@H]1C. The average molecular weight is 366 g/mol. The van der Waals surface area contributed by atoms with Gasteiger partial charge >= 0.3 is 11.9 Å². The molecule has 0 spiro atoms. The lowest BCUT2D eigenvalue weighted by Crippen LogP contribution is -2.55. The van der Waals surface area contributed by atoms with E-state index in [1.54, 1.807) is 33.8 Å². The highest BCUT2D eigenvalue weighted by Crippen LogP contribution is 2.46. The van der Waals surface area contributed by atoms with E-state index in [1.165, 1.54) is 6.92 Å². The van der Waals surface area contributed by atoms with E-state index in [-0.39, 0.29) is 23.4 Å². The Morgan fingerprint density at radius 1 is 1.38 bits per heavy atom. The van der Waals surface area contributed by atoms with E-state index in [1.807, 2.05) is 0 Å². The van der Waals surface area contributed by atoms with Crippen molar-refractivity contribution in [3.8, 4) is 0 Å². The third-order valence-corrected chi connectivity index (χ3v) is 5.81. The molecule has 1 saturated carbocycles. The summed E-state index contributed by atoms with van der Waals surface area (Å²) in [7, 11) is 0. The van der Waals surface area contributed by atoms with E-state index in [0.29, 0.717) is 12.0 Å². The van der Waals surface area contributed by atoms with Gasteiger partial charge in [-0.1, -0.05) is 13.0 Å². The van der Waals surface area contributed by atoms with Crippen LogP contribution in [0.15, 0.2) is 22.8 Å². The van der Waals surface area contributed by atoms with Crippen LogP contribution in [0.1, 0.15) is 47.5 Å². The number of carbonyl (C=O) groups is 3. The van der Waals surface area contributed by atoms with Crippen LogP contribution in [0.4, 0.5) is 0 Å². The maximum Gasteiger partial charge on any atom is 0.340 e. The maximum absolute atomic E-state index is 12.8. The monoisotopic (exact) mass is 366 g/mol. The number of hydrogen-bond acceptors (Lipinski definition) is 7. The Morgan fingerprint density at radius 3 is 2.50 bits per heavy atom. The van der Waals surface area contributed by atoms with Crippen LogP contribution in [0.2, 0.25) is 0 Å². The summed E-state index contributed by atoms with van der Waals surface area (Å²) in [6.07, 6.45) is -1.48. The summed E-state index contributed by atoms with van der Waals surface area (Å²) in [5.74, 6) is -2.26. The van der Waals surface area contributed by atoms with Crippen molar-refractivity contribution in [3.63, 3.8) is 0 Å². The minimum atomic E-state index is -1.44. The molecule has 1 fully saturated rings. The fourth-order valence-corrected chi connectivity index (χ4v) is 3.50. The van der Waals surface area contributed by atoms with Gasteiger partial charge in [-0.3, -0.25) is 4.79 Å². The molecule has 7 heteroatoms. The molecule has 0 aromatic heterocycles. The number of aliphatic hydroxyl groups excluding tert-OH is 2. The second kappa shape index (κ2) is 7.32. The van der Waals surface area contributed by atoms with Gasteiger partial charge in [-0.2, -0.15) is 0 Å². The standard InChI is InChI=1S/C19H26O7/c1-6-9(2)16(22)25-15(14-10(3)17(23)26-18(14)24)19(5)11(4)12(20)7-8-13(19)21/h6,11-12,15,17,20,23H,7-8H2,1-5H3/b9-6-/t11-,12-,15+,17+,19+/m0/s1.